The molecule has 0 aliphatic carbocycles. The summed E-state index contributed by atoms with van der Waals surface area (Å²) in [7, 11) is 0. The first-order chi connectivity index (χ1) is 10.9. The van der Waals surface area contributed by atoms with Gasteiger partial charge in [0.25, 0.3) is 0 Å². The minimum absolute atomic E-state index is 0.0859. The molecule has 0 aliphatic heterocycles. The minimum atomic E-state index is -1.09. The zero-order chi connectivity index (χ0) is 17.4. The molecule has 1 aromatic rings. The fourth-order valence-corrected chi connectivity index (χ4v) is 2.41. The largest absolute Gasteiger partial charge is 0.481 e. The third-order valence-corrected chi connectivity index (χ3v) is 3.58. The average Bonchev–Trinajstić information content (AvgIpc) is 2.52. The average molecular weight is 321 g/mol. The van der Waals surface area contributed by atoms with Gasteiger partial charge in [0.15, 0.2) is 0 Å². The third-order valence-electron chi connectivity index (χ3n) is 3.58. The van der Waals surface area contributed by atoms with Gasteiger partial charge in [-0.3, -0.25) is 9.59 Å². The molecule has 0 bridgehead atoms. The van der Waals surface area contributed by atoms with Crippen LogP contribution in [-0.4, -0.2) is 46.0 Å². The number of carbonyl (C=O) groups excluding carboxylic acids is 1. The molecule has 0 spiro atoms. The van der Waals surface area contributed by atoms with Crippen LogP contribution in [-0.2, 0) is 9.59 Å². The number of carbonyl (C=O) groups is 3. The number of amides is 1. The van der Waals surface area contributed by atoms with Crippen LogP contribution >= 0.6 is 0 Å². The van der Waals surface area contributed by atoms with Gasteiger partial charge >= 0.3 is 11.9 Å². The van der Waals surface area contributed by atoms with Crippen molar-refractivity contribution in [2.24, 2.45) is 0 Å². The predicted molar refractivity (Wildman–Crippen MR) is 85.6 cm³/mol. The number of hydrogen-bond donors (Lipinski definition) is 2. The summed E-state index contributed by atoms with van der Waals surface area (Å²) in [5.41, 5.74) is 0.520. The second-order valence-electron chi connectivity index (χ2n) is 5.40. The number of nitrogens with zero attached hydrogens (tertiary/aromatic N) is 1. The summed E-state index contributed by atoms with van der Waals surface area (Å²) >= 11 is 0. The lowest BCUT2D eigenvalue weighted by Crippen LogP contribution is -2.34. The molecule has 126 valence electrons. The zero-order valence-electron chi connectivity index (χ0n) is 13.5. The molecule has 6 nitrogen and oxygen atoms in total. The van der Waals surface area contributed by atoms with Gasteiger partial charge < -0.3 is 15.1 Å². The summed E-state index contributed by atoms with van der Waals surface area (Å²) in [5, 5.41) is 18.3. The van der Waals surface area contributed by atoms with Crippen molar-refractivity contribution >= 4 is 17.8 Å². The van der Waals surface area contributed by atoms with Gasteiger partial charge in [0, 0.05) is 19.5 Å². The Labute approximate surface area is 135 Å². The first-order valence-electron chi connectivity index (χ1n) is 7.74. The third kappa shape index (κ3) is 5.39. The van der Waals surface area contributed by atoms with E-state index in [9.17, 15) is 19.5 Å². The Morgan fingerprint density at radius 3 is 1.91 bits per heavy atom. The van der Waals surface area contributed by atoms with Crippen LogP contribution in [0, 0.1) is 0 Å². The summed E-state index contributed by atoms with van der Waals surface area (Å²) in [6.45, 7) is 5.15. The highest BCUT2D eigenvalue weighted by Gasteiger charge is 2.25. The second kappa shape index (κ2) is 8.92. The summed E-state index contributed by atoms with van der Waals surface area (Å²) in [4.78, 5) is 36.4. The molecule has 0 saturated carbocycles. The SMILES string of the molecule is CCCN(CCC)C(=O)CC(C(=O)O)c1ccc(C(=O)O)cc1. The predicted octanol–water partition coefficient (Wildman–Crippen LogP) is 2.59. The van der Waals surface area contributed by atoms with Crippen LogP contribution in [0.5, 0.6) is 0 Å². The van der Waals surface area contributed by atoms with Crippen molar-refractivity contribution < 1.29 is 24.6 Å². The fraction of sp³-hybridized carbons (Fsp3) is 0.471. The molecule has 1 atom stereocenters. The lowest BCUT2D eigenvalue weighted by atomic mass is 9.94. The van der Waals surface area contributed by atoms with E-state index in [1.165, 1.54) is 24.3 Å². The topological polar surface area (TPSA) is 94.9 Å². The Kier molecular flexibility index (Phi) is 7.25. The maximum atomic E-state index is 12.4. The molecule has 1 aromatic carbocycles. The Bertz CT molecular complexity index is 547. The second-order valence-corrected chi connectivity index (χ2v) is 5.40. The fourth-order valence-electron chi connectivity index (χ4n) is 2.41. The smallest absolute Gasteiger partial charge is 0.335 e. The summed E-state index contributed by atoms with van der Waals surface area (Å²) in [6.07, 6.45) is 1.51. The molecule has 1 unspecified atom stereocenters. The lowest BCUT2D eigenvalue weighted by Gasteiger charge is -2.23. The van der Waals surface area contributed by atoms with E-state index in [1.807, 2.05) is 13.8 Å². The van der Waals surface area contributed by atoms with Crippen LogP contribution in [0.15, 0.2) is 24.3 Å². The van der Waals surface area contributed by atoms with Crippen molar-refractivity contribution in [1.29, 1.82) is 0 Å². The summed E-state index contributed by atoms with van der Waals surface area (Å²) in [5.74, 6) is -3.32. The van der Waals surface area contributed by atoms with Crippen LogP contribution in [0.2, 0.25) is 0 Å². The normalized spacial score (nSPS) is 11.7. The van der Waals surface area contributed by atoms with Gasteiger partial charge in [-0.2, -0.15) is 0 Å². The monoisotopic (exact) mass is 321 g/mol. The first-order valence-corrected chi connectivity index (χ1v) is 7.74. The van der Waals surface area contributed by atoms with E-state index in [-0.39, 0.29) is 17.9 Å². The zero-order valence-corrected chi connectivity index (χ0v) is 13.5. The van der Waals surface area contributed by atoms with Crippen molar-refractivity contribution in [3.63, 3.8) is 0 Å². The van der Waals surface area contributed by atoms with E-state index < -0.39 is 17.9 Å². The van der Waals surface area contributed by atoms with E-state index >= 15 is 0 Å². The van der Waals surface area contributed by atoms with E-state index in [0.29, 0.717) is 18.7 Å². The number of aromatic carboxylic acids is 1. The summed E-state index contributed by atoms with van der Waals surface area (Å²) < 4.78 is 0. The van der Waals surface area contributed by atoms with Crippen molar-refractivity contribution in [2.75, 3.05) is 13.1 Å². The molecule has 0 saturated heterocycles. The number of carboxylic acids is 2. The van der Waals surface area contributed by atoms with Gasteiger partial charge in [0.2, 0.25) is 5.91 Å². The molecule has 1 rings (SSSR count). The molecular weight excluding hydrogens is 298 g/mol. The van der Waals surface area contributed by atoms with Gasteiger partial charge in [0.05, 0.1) is 11.5 Å². The molecule has 0 aliphatic rings. The summed E-state index contributed by atoms with van der Waals surface area (Å²) in [6, 6.07) is 5.63. The highest BCUT2D eigenvalue weighted by Crippen LogP contribution is 2.22. The van der Waals surface area contributed by atoms with E-state index in [2.05, 4.69) is 0 Å². The Balaban J connectivity index is 2.91. The van der Waals surface area contributed by atoms with E-state index in [4.69, 9.17) is 5.11 Å². The molecule has 0 aromatic heterocycles. The number of carboxylic acid groups (broad SMARTS) is 2. The van der Waals surface area contributed by atoms with E-state index in [1.54, 1.807) is 4.90 Å². The molecule has 23 heavy (non-hydrogen) atoms. The number of hydrogen-bond acceptors (Lipinski definition) is 3. The van der Waals surface area contributed by atoms with Crippen LogP contribution in [0.4, 0.5) is 0 Å². The molecule has 0 radical (unpaired) electrons. The lowest BCUT2D eigenvalue weighted by molar-refractivity contribution is -0.142. The van der Waals surface area contributed by atoms with Crippen molar-refractivity contribution in [1.82, 2.24) is 4.90 Å². The van der Waals surface area contributed by atoms with Crippen molar-refractivity contribution in [3.05, 3.63) is 35.4 Å². The first kappa shape index (κ1) is 18.7. The highest BCUT2D eigenvalue weighted by atomic mass is 16.4. The quantitative estimate of drug-likeness (QED) is 0.729. The molecule has 2 N–H and O–H groups in total. The van der Waals surface area contributed by atoms with Gasteiger partial charge in [0.1, 0.15) is 0 Å². The van der Waals surface area contributed by atoms with Gasteiger partial charge in [-0.05, 0) is 30.5 Å². The standard InChI is InChI=1S/C17H23NO5/c1-3-9-18(10-4-2)15(19)11-14(17(22)23)12-5-7-13(8-6-12)16(20)21/h5-8,14H,3-4,9-11H2,1-2H3,(H,20,21)(H,22,23). The van der Waals surface area contributed by atoms with Gasteiger partial charge in [-0.25, -0.2) is 4.79 Å². The van der Waals surface area contributed by atoms with Crippen LogP contribution in [0.3, 0.4) is 0 Å². The van der Waals surface area contributed by atoms with Crippen molar-refractivity contribution in [2.45, 2.75) is 39.0 Å². The Morgan fingerprint density at radius 2 is 1.52 bits per heavy atom. The number of aliphatic carboxylic acids is 1. The maximum absolute atomic E-state index is 12.4. The Hall–Kier alpha value is -2.37. The molecule has 1 amide bonds. The number of rotatable bonds is 9. The maximum Gasteiger partial charge on any atom is 0.335 e. The number of benzene rings is 1. The minimum Gasteiger partial charge on any atom is -0.481 e. The van der Waals surface area contributed by atoms with Crippen LogP contribution in [0.25, 0.3) is 0 Å². The van der Waals surface area contributed by atoms with Crippen LogP contribution < -0.4 is 0 Å². The highest BCUT2D eigenvalue weighted by molar-refractivity contribution is 5.88. The van der Waals surface area contributed by atoms with Gasteiger partial charge in [-0.1, -0.05) is 26.0 Å². The molecule has 0 heterocycles. The molecular formula is C17H23NO5. The van der Waals surface area contributed by atoms with Crippen LogP contribution in [0.1, 0.15) is 54.9 Å². The van der Waals surface area contributed by atoms with E-state index in [0.717, 1.165) is 12.8 Å². The molecule has 6 heteroatoms. The van der Waals surface area contributed by atoms with Crippen molar-refractivity contribution in [3.8, 4) is 0 Å². The van der Waals surface area contributed by atoms with Gasteiger partial charge in [-0.15, -0.1) is 0 Å². The Morgan fingerprint density at radius 1 is 1.00 bits per heavy atom. The molecule has 0 fully saturated rings.